The number of rotatable bonds is 34. The number of hydrogen-bond acceptors (Lipinski definition) is 12. The summed E-state index contributed by atoms with van der Waals surface area (Å²) < 4.78 is 44.6. The van der Waals surface area contributed by atoms with Crippen LogP contribution in [0.3, 0.4) is 0 Å². The third-order valence-corrected chi connectivity index (χ3v) is 11.9. The monoisotopic (exact) mass is 961 g/mol. The van der Waals surface area contributed by atoms with Gasteiger partial charge in [0, 0.05) is 12.2 Å². The highest BCUT2D eigenvalue weighted by Gasteiger charge is 2.34. The minimum atomic E-state index is -1.24. The van der Waals surface area contributed by atoms with Gasteiger partial charge in [-0.15, -0.1) is 0 Å². The second kappa shape index (κ2) is 32.5. The van der Waals surface area contributed by atoms with Gasteiger partial charge in [0.25, 0.3) is 12.6 Å². The summed E-state index contributed by atoms with van der Waals surface area (Å²) in [6.45, 7) is 9.43. The Labute approximate surface area is 414 Å². The van der Waals surface area contributed by atoms with E-state index >= 15 is 0 Å². The molecule has 12 heteroatoms. The lowest BCUT2D eigenvalue weighted by molar-refractivity contribution is -0.288. The normalized spacial score (nSPS) is 14.2. The first-order chi connectivity index (χ1) is 34.3. The third-order valence-electron chi connectivity index (χ3n) is 11.9. The molecule has 1 fully saturated rings. The first kappa shape index (κ1) is 54.7. The van der Waals surface area contributed by atoms with Crippen LogP contribution in [-0.4, -0.2) is 76.1 Å². The van der Waals surface area contributed by atoms with E-state index in [1.54, 1.807) is 24.3 Å². The SMILES string of the molecule is C=CC(=O)OCCCCCCCCCCCOc1ccc(-c2ccc(C(=O)OC3OCCOC3OC(=O)c3ccc(-c4ccc(OCCCCCCCCCCCOC(=O)C=C)cc4)cc3)cc2)cc1. The Morgan fingerprint density at radius 2 is 0.671 bits per heavy atom. The molecule has 0 aromatic heterocycles. The number of esters is 4. The van der Waals surface area contributed by atoms with Gasteiger partial charge in [-0.2, -0.15) is 0 Å². The molecule has 0 aliphatic carbocycles. The highest BCUT2D eigenvalue weighted by molar-refractivity contribution is 5.91. The topological polar surface area (TPSA) is 142 Å². The molecular weight excluding hydrogens is 889 g/mol. The third kappa shape index (κ3) is 20.8. The summed E-state index contributed by atoms with van der Waals surface area (Å²) in [6.07, 6.45) is 20.1. The predicted octanol–water partition coefficient (Wildman–Crippen LogP) is 13.0. The van der Waals surface area contributed by atoms with Crippen molar-refractivity contribution >= 4 is 23.9 Å². The molecule has 2 unspecified atom stereocenters. The zero-order chi connectivity index (χ0) is 49.4. The van der Waals surface area contributed by atoms with Gasteiger partial charge in [0.15, 0.2) is 0 Å². The number of carbonyl (C=O) groups excluding carboxylic acids is 4. The van der Waals surface area contributed by atoms with Gasteiger partial charge in [0.2, 0.25) is 0 Å². The molecule has 2 atom stereocenters. The molecule has 0 spiro atoms. The number of hydrogen-bond donors (Lipinski definition) is 0. The molecule has 4 aromatic carbocycles. The van der Waals surface area contributed by atoms with Crippen molar-refractivity contribution in [3.05, 3.63) is 133 Å². The van der Waals surface area contributed by atoms with E-state index in [2.05, 4.69) is 13.2 Å². The van der Waals surface area contributed by atoms with Gasteiger partial charge in [-0.3, -0.25) is 0 Å². The Kier molecular flexibility index (Phi) is 25.4. The van der Waals surface area contributed by atoms with Crippen molar-refractivity contribution < 1.29 is 57.1 Å². The van der Waals surface area contributed by atoms with Crippen LogP contribution in [0.25, 0.3) is 22.3 Å². The quantitative estimate of drug-likeness (QED) is 0.0190. The van der Waals surface area contributed by atoms with Crippen LogP contribution in [0.4, 0.5) is 0 Å². The van der Waals surface area contributed by atoms with Gasteiger partial charge in [0.05, 0.1) is 50.8 Å². The minimum absolute atomic E-state index is 0.173. The average Bonchev–Trinajstić information content (AvgIpc) is 3.39. The molecule has 0 bridgehead atoms. The lowest BCUT2D eigenvalue weighted by Gasteiger charge is -2.30. The van der Waals surface area contributed by atoms with Gasteiger partial charge in [-0.25, -0.2) is 19.2 Å². The molecule has 376 valence electrons. The zero-order valence-corrected chi connectivity index (χ0v) is 40.8. The molecule has 0 N–H and O–H groups in total. The van der Waals surface area contributed by atoms with Gasteiger partial charge < -0.3 is 37.9 Å². The van der Waals surface area contributed by atoms with E-state index in [4.69, 9.17) is 37.9 Å². The van der Waals surface area contributed by atoms with Crippen LogP contribution in [0.5, 0.6) is 11.5 Å². The van der Waals surface area contributed by atoms with E-state index in [1.165, 1.54) is 63.5 Å². The van der Waals surface area contributed by atoms with E-state index in [9.17, 15) is 19.2 Å². The zero-order valence-electron chi connectivity index (χ0n) is 40.8. The van der Waals surface area contributed by atoms with Crippen LogP contribution in [0.1, 0.15) is 136 Å². The van der Waals surface area contributed by atoms with E-state index < -0.39 is 24.5 Å². The fraction of sp³-hybridized carbons (Fsp3) is 0.448. The number of benzene rings is 4. The summed E-state index contributed by atoms with van der Waals surface area (Å²) in [6, 6.07) is 29.9. The molecule has 0 saturated carbocycles. The lowest BCUT2D eigenvalue weighted by atomic mass is 10.0. The molecule has 12 nitrogen and oxygen atoms in total. The maximum Gasteiger partial charge on any atom is 0.340 e. The van der Waals surface area contributed by atoms with Crippen molar-refractivity contribution in [2.75, 3.05) is 39.6 Å². The number of ether oxygens (including phenoxy) is 8. The van der Waals surface area contributed by atoms with E-state index in [-0.39, 0.29) is 25.2 Å². The van der Waals surface area contributed by atoms with Crippen LogP contribution in [0, 0.1) is 0 Å². The Morgan fingerprint density at radius 3 is 0.971 bits per heavy atom. The van der Waals surface area contributed by atoms with Crippen LogP contribution in [0.2, 0.25) is 0 Å². The first-order valence-corrected chi connectivity index (χ1v) is 25.2. The van der Waals surface area contributed by atoms with Gasteiger partial charge in [-0.1, -0.05) is 152 Å². The molecule has 5 rings (SSSR count). The molecular formula is C58H72O12. The smallest absolute Gasteiger partial charge is 0.340 e. The lowest BCUT2D eigenvalue weighted by Crippen LogP contribution is -2.44. The predicted molar refractivity (Wildman–Crippen MR) is 270 cm³/mol. The van der Waals surface area contributed by atoms with Crippen LogP contribution >= 0.6 is 0 Å². The molecule has 0 amide bonds. The summed E-state index contributed by atoms with van der Waals surface area (Å²) in [4.78, 5) is 48.5. The fourth-order valence-corrected chi connectivity index (χ4v) is 7.82. The first-order valence-electron chi connectivity index (χ1n) is 25.2. The van der Waals surface area contributed by atoms with Crippen molar-refractivity contribution in [2.45, 2.75) is 128 Å². The van der Waals surface area contributed by atoms with E-state index in [0.29, 0.717) is 37.6 Å². The Morgan fingerprint density at radius 1 is 0.400 bits per heavy atom. The molecule has 70 heavy (non-hydrogen) atoms. The Hall–Kier alpha value is -6.24. The summed E-state index contributed by atoms with van der Waals surface area (Å²) in [5.74, 6) is -0.342. The summed E-state index contributed by atoms with van der Waals surface area (Å²) in [7, 11) is 0. The highest BCUT2D eigenvalue weighted by Crippen LogP contribution is 2.26. The Balaban J connectivity index is 0.941. The summed E-state index contributed by atoms with van der Waals surface area (Å²) >= 11 is 0. The van der Waals surface area contributed by atoms with E-state index in [1.807, 2.05) is 72.8 Å². The molecule has 4 aromatic rings. The van der Waals surface area contributed by atoms with Crippen LogP contribution in [-0.2, 0) is 38.0 Å². The summed E-state index contributed by atoms with van der Waals surface area (Å²) in [5.41, 5.74) is 4.45. The molecule has 1 aliphatic heterocycles. The van der Waals surface area contributed by atoms with Crippen LogP contribution in [0.15, 0.2) is 122 Å². The highest BCUT2D eigenvalue weighted by atomic mass is 16.8. The van der Waals surface area contributed by atoms with Crippen molar-refractivity contribution in [3.8, 4) is 33.8 Å². The van der Waals surface area contributed by atoms with Gasteiger partial charge in [0.1, 0.15) is 11.5 Å². The molecule has 1 aliphatic rings. The van der Waals surface area contributed by atoms with Crippen LogP contribution < -0.4 is 9.47 Å². The van der Waals surface area contributed by atoms with Crippen molar-refractivity contribution in [1.29, 1.82) is 0 Å². The number of unbranched alkanes of at least 4 members (excludes halogenated alkanes) is 16. The van der Waals surface area contributed by atoms with Crippen molar-refractivity contribution in [3.63, 3.8) is 0 Å². The number of carbonyl (C=O) groups is 4. The fourth-order valence-electron chi connectivity index (χ4n) is 7.82. The molecule has 0 radical (unpaired) electrons. The maximum atomic E-state index is 13.2. The Bertz CT molecular complexity index is 1990. The van der Waals surface area contributed by atoms with E-state index in [0.717, 1.165) is 98.0 Å². The second-order valence-electron chi connectivity index (χ2n) is 17.3. The standard InChI is InChI=1S/C58H72O12/c1-3-53(59)65-41-21-17-13-9-5-7-11-15-19-39-63-51-35-31-47(32-36-51)45-23-27-49(28-24-45)55(61)69-57-58(68-44-43-67-57)70-56(62)50-29-25-46(26-30-50)48-33-37-52(38-34-48)64-40-20-16-12-8-6-10-14-18-22-42-66-54(60)4-2/h3-4,23-38,57-58H,1-2,5-22,39-44H2. The largest absolute Gasteiger partial charge is 0.494 e. The second-order valence-corrected chi connectivity index (χ2v) is 17.3. The summed E-state index contributed by atoms with van der Waals surface area (Å²) in [5, 5.41) is 0. The average molecular weight is 961 g/mol. The molecule has 1 saturated heterocycles. The minimum Gasteiger partial charge on any atom is -0.494 e. The molecule has 1 heterocycles. The van der Waals surface area contributed by atoms with Crippen molar-refractivity contribution in [1.82, 2.24) is 0 Å². The maximum absolute atomic E-state index is 13.2. The van der Waals surface area contributed by atoms with Crippen molar-refractivity contribution in [2.24, 2.45) is 0 Å². The van der Waals surface area contributed by atoms with Gasteiger partial charge >= 0.3 is 23.9 Å². The van der Waals surface area contributed by atoms with Gasteiger partial charge in [-0.05, 0) is 96.5 Å².